The third kappa shape index (κ3) is 1.31. The Balaban J connectivity index is 1.73. The second kappa shape index (κ2) is 3.16. The van der Waals surface area contributed by atoms with Gasteiger partial charge in [-0.05, 0) is 72.6 Å². The van der Waals surface area contributed by atoms with Gasteiger partial charge in [0.2, 0.25) is 0 Å². The highest BCUT2D eigenvalue weighted by Gasteiger charge is 2.49. The summed E-state index contributed by atoms with van der Waals surface area (Å²) in [7, 11) is 0. The normalized spacial score (nSPS) is 37.6. The molecule has 0 radical (unpaired) electrons. The number of aryl methyl sites for hydroxylation is 1. The van der Waals surface area contributed by atoms with Gasteiger partial charge in [0.15, 0.2) is 0 Å². The van der Waals surface area contributed by atoms with E-state index in [1.807, 2.05) is 0 Å². The highest BCUT2D eigenvalue weighted by Crippen LogP contribution is 2.57. The highest BCUT2D eigenvalue weighted by atomic mass is 14.6. The molecule has 0 aromatic heterocycles. The number of nitrogens with two attached hydrogens (primary N) is 1. The molecule has 3 aliphatic carbocycles. The van der Waals surface area contributed by atoms with E-state index < -0.39 is 0 Å². The predicted octanol–water partition coefficient (Wildman–Crippen LogP) is 3.34. The van der Waals surface area contributed by atoms with Crippen molar-refractivity contribution >= 4 is 5.69 Å². The molecule has 17 heavy (non-hydrogen) atoms. The van der Waals surface area contributed by atoms with Crippen LogP contribution in [-0.4, -0.2) is 0 Å². The van der Waals surface area contributed by atoms with Crippen molar-refractivity contribution in [2.24, 2.45) is 17.3 Å². The molecule has 4 rings (SSSR count). The zero-order chi connectivity index (χ0) is 11.5. The quantitative estimate of drug-likeness (QED) is 0.532. The molecule has 1 fully saturated rings. The molecule has 1 heteroatoms. The van der Waals surface area contributed by atoms with Gasteiger partial charge in [0.25, 0.3) is 0 Å². The molecule has 0 amide bonds. The summed E-state index contributed by atoms with van der Waals surface area (Å²) in [6, 6.07) is 6.50. The predicted molar refractivity (Wildman–Crippen MR) is 70.7 cm³/mol. The van der Waals surface area contributed by atoms with Crippen molar-refractivity contribution in [3.05, 3.63) is 41.5 Å². The Morgan fingerprint density at radius 2 is 2.12 bits per heavy atom. The minimum atomic E-state index is 0.584. The molecule has 1 nitrogen and oxygen atoms in total. The zero-order valence-corrected chi connectivity index (χ0v) is 10.2. The Morgan fingerprint density at radius 1 is 1.18 bits per heavy atom. The van der Waals surface area contributed by atoms with Crippen LogP contribution in [0.2, 0.25) is 0 Å². The van der Waals surface area contributed by atoms with Gasteiger partial charge < -0.3 is 5.73 Å². The molecule has 1 saturated carbocycles. The molecule has 0 heterocycles. The first-order valence-corrected chi connectivity index (χ1v) is 6.81. The number of rotatable bonds is 0. The van der Waals surface area contributed by atoms with Crippen LogP contribution in [0.15, 0.2) is 30.4 Å². The second-order valence-corrected chi connectivity index (χ2v) is 6.26. The van der Waals surface area contributed by atoms with Gasteiger partial charge in [-0.25, -0.2) is 0 Å². The number of hydrogen-bond acceptors (Lipinski definition) is 1. The van der Waals surface area contributed by atoms with Gasteiger partial charge in [-0.3, -0.25) is 0 Å². The van der Waals surface area contributed by atoms with E-state index in [1.54, 1.807) is 0 Å². The lowest BCUT2D eigenvalue weighted by Gasteiger charge is -2.40. The van der Waals surface area contributed by atoms with Crippen molar-refractivity contribution in [2.75, 3.05) is 5.73 Å². The minimum Gasteiger partial charge on any atom is -0.399 e. The van der Waals surface area contributed by atoms with Crippen molar-refractivity contribution < 1.29 is 0 Å². The van der Waals surface area contributed by atoms with Gasteiger partial charge in [0, 0.05) is 5.69 Å². The monoisotopic (exact) mass is 225 g/mol. The van der Waals surface area contributed by atoms with E-state index in [1.165, 1.54) is 43.2 Å². The van der Waals surface area contributed by atoms with Crippen LogP contribution in [0.25, 0.3) is 0 Å². The first-order chi connectivity index (χ1) is 8.25. The maximum Gasteiger partial charge on any atom is 0.0316 e. The first-order valence-electron chi connectivity index (χ1n) is 6.81. The van der Waals surface area contributed by atoms with Crippen LogP contribution in [0.3, 0.4) is 0 Å². The molecule has 1 spiro atoms. The summed E-state index contributed by atoms with van der Waals surface area (Å²) in [5, 5.41) is 0. The second-order valence-electron chi connectivity index (χ2n) is 6.26. The highest BCUT2D eigenvalue weighted by molar-refractivity contribution is 5.46. The lowest BCUT2D eigenvalue weighted by Crippen LogP contribution is -2.32. The molecule has 3 atom stereocenters. The molecule has 1 aromatic rings. The molecule has 2 N–H and O–H groups in total. The van der Waals surface area contributed by atoms with Crippen molar-refractivity contribution in [2.45, 2.75) is 32.1 Å². The van der Waals surface area contributed by atoms with Crippen LogP contribution >= 0.6 is 0 Å². The fourth-order valence-corrected chi connectivity index (χ4v) is 4.45. The van der Waals surface area contributed by atoms with Gasteiger partial charge in [0.1, 0.15) is 0 Å². The number of benzene rings is 1. The smallest absolute Gasteiger partial charge is 0.0316 e. The van der Waals surface area contributed by atoms with E-state index in [2.05, 4.69) is 30.4 Å². The van der Waals surface area contributed by atoms with Gasteiger partial charge in [-0.2, -0.15) is 0 Å². The van der Waals surface area contributed by atoms with Crippen molar-refractivity contribution in [1.29, 1.82) is 0 Å². The lowest BCUT2D eigenvalue weighted by molar-refractivity contribution is 0.195. The molecular weight excluding hydrogens is 206 g/mol. The molecule has 2 bridgehead atoms. The molecule has 3 unspecified atom stereocenters. The summed E-state index contributed by atoms with van der Waals surface area (Å²) >= 11 is 0. The van der Waals surface area contributed by atoms with Gasteiger partial charge >= 0.3 is 0 Å². The molecular formula is C16H19N. The molecule has 3 aliphatic rings. The van der Waals surface area contributed by atoms with E-state index in [-0.39, 0.29) is 0 Å². The maximum atomic E-state index is 5.93. The number of allylic oxidation sites excluding steroid dienone is 2. The summed E-state index contributed by atoms with van der Waals surface area (Å²) < 4.78 is 0. The van der Waals surface area contributed by atoms with E-state index in [9.17, 15) is 0 Å². The standard InChI is InChI=1S/C16H19N/c17-15-4-2-12-5-6-16(10-13(12)8-15)9-11-1-3-14(16)7-11/h1-4,8,11,14H,5-7,9-10,17H2. The Kier molecular flexibility index (Phi) is 1.81. The summed E-state index contributed by atoms with van der Waals surface area (Å²) in [4.78, 5) is 0. The Bertz CT molecular complexity index is 502. The lowest BCUT2D eigenvalue weighted by atomic mass is 9.64. The van der Waals surface area contributed by atoms with Crippen LogP contribution < -0.4 is 5.73 Å². The van der Waals surface area contributed by atoms with Crippen molar-refractivity contribution in [3.8, 4) is 0 Å². The summed E-state index contributed by atoms with van der Waals surface area (Å²) in [5.41, 5.74) is 10.5. The number of fused-ring (bicyclic) bond motifs is 4. The number of anilines is 1. The van der Waals surface area contributed by atoms with Crippen molar-refractivity contribution in [1.82, 2.24) is 0 Å². The fraction of sp³-hybridized carbons (Fsp3) is 0.500. The Labute approximate surface area is 103 Å². The average Bonchev–Trinajstić information content (AvgIpc) is 2.88. The summed E-state index contributed by atoms with van der Waals surface area (Å²) in [6.45, 7) is 0. The van der Waals surface area contributed by atoms with Gasteiger partial charge in [0.05, 0.1) is 0 Å². The van der Waals surface area contributed by atoms with E-state index >= 15 is 0 Å². The van der Waals surface area contributed by atoms with Gasteiger partial charge in [-0.1, -0.05) is 18.2 Å². The summed E-state index contributed by atoms with van der Waals surface area (Å²) in [6.07, 6.45) is 11.7. The van der Waals surface area contributed by atoms with Crippen LogP contribution in [-0.2, 0) is 12.8 Å². The number of hydrogen-bond donors (Lipinski definition) is 1. The molecule has 1 aromatic carbocycles. The van der Waals surface area contributed by atoms with Crippen LogP contribution in [0.5, 0.6) is 0 Å². The molecule has 0 saturated heterocycles. The Hall–Kier alpha value is -1.24. The van der Waals surface area contributed by atoms with Crippen molar-refractivity contribution in [3.63, 3.8) is 0 Å². The summed E-state index contributed by atoms with van der Waals surface area (Å²) in [5.74, 6) is 1.73. The largest absolute Gasteiger partial charge is 0.399 e. The maximum absolute atomic E-state index is 5.93. The minimum absolute atomic E-state index is 0.584. The van der Waals surface area contributed by atoms with E-state index in [4.69, 9.17) is 5.73 Å². The molecule has 0 aliphatic heterocycles. The average molecular weight is 225 g/mol. The first kappa shape index (κ1) is 9.76. The SMILES string of the molecule is Nc1ccc2c(c1)CC1(CC2)CC2C=CC1C2. The Morgan fingerprint density at radius 3 is 2.88 bits per heavy atom. The van der Waals surface area contributed by atoms with E-state index in [0.717, 1.165) is 17.5 Å². The third-order valence-corrected chi connectivity index (χ3v) is 5.29. The van der Waals surface area contributed by atoms with Crippen LogP contribution in [0.4, 0.5) is 5.69 Å². The van der Waals surface area contributed by atoms with Crippen LogP contribution in [0.1, 0.15) is 30.4 Å². The third-order valence-electron chi connectivity index (χ3n) is 5.29. The zero-order valence-electron chi connectivity index (χ0n) is 10.2. The molecule has 88 valence electrons. The van der Waals surface area contributed by atoms with Crippen LogP contribution in [0, 0.1) is 17.3 Å². The fourth-order valence-electron chi connectivity index (χ4n) is 4.45. The van der Waals surface area contributed by atoms with E-state index in [0.29, 0.717) is 5.41 Å². The number of nitrogen functional groups attached to an aromatic ring is 1. The van der Waals surface area contributed by atoms with Gasteiger partial charge in [-0.15, -0.1) is 0 Å². The topological polar surface area (TPSA) is 26.0 Å².